The lowest BCUT2D eigenvalue weighted by atomic mass is 9.76. The Bertz CT molecular complexity index is 925. The molecule has 1 nitrogen and oxygen atoms in total. The number of halogens is 3. The highest BCUT2D eigenvalue weighted by molar-refractivity contribution is 5.32. The van der Waals surface area contributed by atoms with Gasteiger partial charge in [0.05, 0.1) is 7.11 Å². The SMILES string of the molecule is CCC1CCC(c2ccc(CCC3CCC(c4ccc(OC)c(F)c4)CC3)c(F)c2F)CC1. The van der Waals surface area contributed by atoms with Crippen LogP contribution < -0.4 is 4.74 Å². The molecule has 2 fully saturated rings. The van der Waals surface area contributed by atoms with Gasteiger partial charge in [-0.1, -0.05) is 31.5 Å². The third kappa shape index (κ3) is 5.58. The standard InChI is InChI=1S/C29H37F3O/c1-3-19-4-11-22(12-5-19)25-16-14-23(28(31)29(25)32)13-8-20-6-9-21(10-7-20)24-15-17-27(33-2)26(30)18-24/h14-22H,3-13H2,1-2H3. The average molecular weight is 459 g/mol. The predicted octanol–water partition coefficient (Wildman–Crippen LogP) is 8.70. The molecule has 4 rings (SSSR count). The van der Waals surface area contributed by atoms with E-state index in [2.05, 4.69) is 6.92 Å². The van der Waals surface area contributed by atoms with Crippen LogP contribution in [0.15, 0.2) is 30.3 Å². The molecule has 180 valence electrons. The van der Waals surface area contributed by atoms with E-state index in [0.29, 0.717) is 29.4 Å². The second-order valence-corrected chi connectivity index (χ2v) is 10.2. The van der Waals surface area contributed by atoms with Crippen molar-refractivity contribution in [3.8, 4) is 5.75 Å². The van der Waals surface area contributed by atoms with E-state index in [0.717, 1.165) is 69.3 Å². The second kappa shape index (κ2) is 11.0. The van der Waals surface area contributed by atoms with E-state index in [1.807, 2.05) is 18.2 Å². The van der Waals surface area contributed by atoms with Gasteiger partial charge in [0, 0.05) is 0 Å². The minimum atomic E-state index is -0.632. The Labute approximate surface area is 196 Å². The van der Waals surface area contributed by atoms with Crippen molar-refractivity contribution in [2.24, 2.45) is 11.8 Å². The van der Waals surface area contributed by atoms with Crippen molar-refractivity contribution in [1.29, 1.82) is 0 Å². The van der Waals surface area contributed by atoms with Gasteiger partial charge in [-0.3, -0.25) is 0 Å². The molecule has 2 saturated carbocycles. The molecule has 4 heteroatoms. The molecule has 0 aliphatic heterocycles. The van der Waals surface area contributed by atoms with Gasteiger partial charge in [0.1, 0.15) is 0 Å². The monoisotopic (exact) mass is 458 g/mol. The van der Waals surface area contributed by atoms with E-state index in [9.17, 15) is 13.2 Å². The molecule has 0 amide bonds. The Morgan fingerprint density at radius 3 is 2.09 bits per heavy atom. The maximum absolute atomic E-state index is 14.9. The Kier molecular flexibility index (Phi) is 8.03. The summed E-state index contributed by atoms with van der Waals surface area (Å²) in [4.78, 5) is 0. The third-order valence-corrected chi connectivity index (χ3v) is 8.37. The summed E-state index contributed by atoms with van der Waals surface area (Å²) >= 11 is 0. The maximum atomic E-state index is 14.9. The van der Waals surface area contributed by atoms with Crippen LogP contribution in [0.4, 0.5) is 13.2 Å². The smallest absolute Gasteiger partial charge is 0.165 e. The van der Waals surface area contributed by atoms with Crippen molar-refractivity contribution in [2.45, 2.75) is 89.4 Å². The van der Waals surface area contributed by atoms with E-state index in [1.165, 1.54) is 13.5 Å². The van der Waals surface area contributed by atoms with E-state index in [1.54, 1.807) is 12.1 Å². The molecular formula is C29H37F3O. The fraction of sp³-hybridized carbons (Fsp3) is 0.586. The molecule has 0 bridgehead atoms. The van der Waals surface area contributed by atoms with Crippen LogP contribution in [-0.4, -0.2) is 7.11 Å². The van der Waals surface area contributed by atoms with Crippen molar-refractivity contribution in [1.82, 2.24) is 0 Å². The summed E-state index contributed by atoms with van der Waals surface area (Å²) in [5.74, 6) is 0.499. The normalized spacial score (nSPS) is 25.7. The number of rotatable bonds is 7. The zero-order valence-corrected chi connectivity index (χ0v) is 20.0. The number of hydrogen-bond acceptors (Lipinski definition) is 1. The van der Waals surface area contributed by atoms with Gasteiger partial charge in [0.15, 0.2) is 23.2 Å². The molecule has 33 heavy (non-hydrogen) atoms. The summed E-state index contributed by atoms with van der Waals surface area (Å²) in [5.41, 5.74) is 2.12. The third-order valence-electron chi connectivity index (χ3n) is 8.37. The van der Waals surface area contributed by atoms with Gasteiger partial charge in [-0.15, -0.1) is 0 Å². The highest BCUT2D eigenvalue weighted by Crippen LogP contribution is 2.40. The summed E-state index contributed by atoms with van der Waals surface area (Å²) in [7, 11) is 1.48. The lowest BCUT2D eigenvalue weighted by molar-refractivity contribution is 0.306. The van der Waals surface area contributed by atoms with Gasteiger partial charge in [0.25, 0.3) is 0 Å². The van der Waals surface area contributed by atoms with Crippen molar-refractivity contribution >= 4 is 0 Å². The molecule has 0 aromatic heterocycles. The minimum Gasteiger partial charge on any atom is -0.494 e. The first-order valence-electron chi connectivity index (χ1n) is 12.8. The Hall–Kier alpha value is -1.97. The topological polar surface area (TPSA) is 9.23 Å². The number of hydrogen-bond donors (Lipinski definition) is 0. The van der Waals surface area contributed by atoms with E-state index in [4.69, 9.17) is 4.74 Å². The zero-order chi connectivity index (χ0) is 23.4. The van der Waals surface area contributed by atoms with Crippen LogP contribution >= 0.6 is 0 Å². The lowest BCUT2D eigenvalue weighted by Crippen LogP contribution is -2.16. The molecular weight excluding hydrogens is 421 g/mol. The molecule has 0 atom stereocenters. The first kappa shape index (κ1) is 24.2. The summed E-state index contributed by atoms with van der Waals surface area (Å²) in [6.45, 7) is 2.21. The second-order valence-electron chi connectivity index (χ2n) is 10.2. The summed E-state index contributed by atoms with van der Waals surface area (Å²) in [6.07, 6.45) is 10.9. The molecule has 0 saturated heterocycles. The van der Waals surface area contributed by atoms with Crippen LogP contribution in [0.1, 0.15) is 99.7 Å². The fourth-order valence-electron chi connectivity index (χ4n) is 6.08. The maximum Gasteiger partial charge on any atom is 0.165 e. The minimum absolute atomic E-state index is 0.161. The quantitative estimate of drug-likeness (QED) is 0.403. The lowest BCUT2D eigenvalue weighted by Gasteiger charge is -2.29. The van der Waals surface area contributed by atoms with Crippen LogP contribution in [0, 0.1) is 29.3 Å². The summed E-state index contributed by atoms with van der Waals surface area (Å²) < 4.78 is 48.8. The van der Waals surface area contributed by atoms with Crippen LogP contribution in [-0.2, 0) is 6.42 Å². The number of methoxy groups -OCH3 is 1. The Morgan fingerprint density at radius 2 is 1.45 bits per heavy atom. The Morgan fingerprint density at radius 1 is 0.788 bits per heavy atom. The molecule has 2 aromatic carbocycles. The van der Waals surface area contributed by atoms with Gasteiger partial charge in [0.2, 0.25) is 0 Å². The molecule has 2 aliphatic carbocycles. The van der Waals surface area contributed by atoms with Crippen LogP contribution in [0.5, 0.6) is 5.75 Å². The van der Waals surface area contributed by atoms with E-state index >= 15 is 0 Å². The molecule has 0 N–H and O–H groups in total. The molecule has 0 spiro atoms. The van der Waals surface area contributed by atoms with Gasteiger partial charge < -0.3 is 4.74 Å². The fourth-order valence-corrected chi connectivity index (χ4v) is 6.08. The van der Waals surface area contributed by atoms with Crippen molar-refractivity contribution in [3.63, 3.8) is 0 Å². The number of aryl methyl sites for hydroxylation is 1. The molecule has 2 aromatic rings. The number of benzene rings is 2. The number of ether oxygens (including phenoxy) is 1. The van der Waals surface area contributed by atoms with Crippen LogP contribution in [0.2, 0.25) is 0 Å². The molecule has 2 aliphatic rings. The first-order valence-corrected chi connectivity index (χ1v) is 12.8. The van der Waals surface area contributed by atoms with Crippen molar-refractivity contribution in [3.05, 3.63) is 64.5 Å². The van der Waals surface area contributed by atoms with Gasteiger partial charge in [-0.25, -0.2) is 13.2 Å². The van der Waals surface area contributed by atoms with Crippen LogP contribution in [0.25, 0.3) is 0 Å². The summed E-state index contributed by atoms with van der Waals surface area (Å²) in [6, 6.07) is 8.93. The summed E-state index contributed by atoms with van der Waals surface area (Å²) in [5, 5.41) is 0. The highest BCUT2D eigenvalue weighted by Gasteiger charge is 2.27. The molecule has 0 unspecified atom stereocenters. The average Bonchev–Trinajstić information content (AvgIpc) is 2.85. The molecule has 0 radical (unpaired) electrons. The van der Waals surface area contributed by atoms with Crippen molar-refractivity contribution < 1.29 is 17.9 Å². The van der Waals surface area contributed by atoms with Gasteiger partial charge in [-0.05, 0) is 117 Å². The zero-order valence-electron chi connectivity index (χ0n) is 20.0. The largest absolute Gasteiger partial charge is 0.494 e. The molecule has 0 heterocycles. The van der Waals surface area contributed by atoms with E-state index < -0.39 is 11.6 Å². The van der Waals surface area contributed by atoms with Crippen LogP contribution in [0.3, 0.4) is 0 Å². The van der Waals surface area contributed by atoms with Gasteiger partial charge >= 0.3 is 0 Å². The van der Waals surface area contributed by atoms with Gasteiger partial charge in [-0.2, -0.15) is 0 Å². The predicted molar refractivity (Wildman–Crippen MR) is 127 cm³/mol. The highest BCUT2D eigenvalue weighted by atomic mass is 19.2. The first-order chi connectivity index (χ1) is 16.0. The van der Waals surface area contributed by atoms with Crippen molar-refractivity contribution in [2.75, 3.05) is 7.11 Å². The Balaban J connectivity index is 1.30. The van der Waals surface area contributed by atoms with E-state index in [-0.39, 0.29) is 17.5 Å².